The van der Waals surface area contributed by atoms with Gasteiger partial charge in [-0.2, -0.15) is 0 Å². The van der Waals surface area contributed by atoms with Crippen LogP contribution in [0.2, 0.25) is 0 Å². The summed E-state index contributed by atoms with van der Waals surface area (Å²) in [5.41, 5.74) is 0.972. The van der Waals surface area contributed by atoms with E-state index in [4.69, 9.17) is 4.52 Å². The lowest BCUT2D eigenvalue weighted by molar-refractivity contribution is 0.150. The summed E-state index contributed by atoms with van der Waals surface area (Å²) < 4.78 is 5.29. The molecule has 2 heterocycles. The predicted octanol–water partition coefficient (Wildman–Crippen LogP) is 2.19. The summed E-state index contributed by atoms with van der Waals surface area (Å²) in [6, 6.07) is 2.62. The van der Waals surface area contributed by atoms with Gasteiger partial charge in [-0.3, -0.25) is 4.90 Å². The maximum Gasteiger partial charge on any atom is 0.150 e. The van der Waals surface area contributed by atoms with Crippen LogP contribution < -0.4 is 5.32 Å². The second-order valence-electron chi connectivity index (χ2n) is 5.74. The lowest BCUT2D eigenvalue weighted by Gasteiger charge is -2.32. The molecule has 1 atom stereocenters. The van der Waals surface area contributed by atoms with Crippen molar-refractivity contribution in [2.75, 3.05) is 19.6 Å². The van der Waals surface area contributed by atoms with Gasteiger partial charge in [0, 0.05) is 18.7 Å². The first kappa shape index (κ1) is 13.6. The highest BCUT2D eigenvalue weighted by Crippen LogP contribution is 2.18. The topological polar surface area (TPSA) is 41.3 Å². The molecule has 1 aliphatic rings. The Balaban J connectivity index is 1.79. The normalized spacial score (nSPS) is 21.7. The molecule has 1 aliphatic heterocycles. The Morgan fingerprint density at radius 2 is 2.39 bits per heavy atom. The monoisotopic (exact) mass is 251 g/mol. The largest absolute Gasteiger partial charge is 0.360 e. The first-order valence-electron chi connectivity index (χ1n) is 7.01. The maximum atomic E-state index is 5.29. The van der Waals surface area contributed by atoms with E-state index in [0.717, 1.165) is 30.5 Å². The van der Waals surface area contributed by atoms with E-state index in [1.807, 2.05) is 13.0 Å². The minimum atomic E-state index is 0.581. The molecule has 1 aromatic heterocycles. The van der Waals surface area contributed by atoms with Crippen molar-refractivity contribution in [1.82, 2.24) is 15.4 Å². The number of piperidine rings is 1. The molecule has 0 radical (unpaired) electrons. The Labute approximate surface area is 110 Å². The molecule has 2 rings (SSSR count). The van der Waals surface area contributed by atoms with Crippen molar-refractivity contribution >= 4 is 0 Å². The fourth-order valence-corrected chi connectivity index (χ4v) is 2.58. The van der Waals surface area contributed by atoms with Gasteiger partial charge in [0.05, 0.1) is 12.2 Å². The highest BCUT2D eigenvalue weighted by atomic mass is 16.5. The molecule has 4 heteroatoms. The second-order valence-corrected chi connectivity index (χ2v) is 5.74. The molecule has 102 valence electrons. The summed E-state index contributed by atoms with van der Waals surface area (Å²) in [7, 11) is 0. The molecule has 0 amide bonds. The molecule has 18 heavy (non-hydrogen) atoms. The third kappa shape index (κ3) is 4.10. The van der Waals surface area contributed by atoms with Crippen LogP contribution in [0.3, 0.4) is 0 Å². The Morgan fingerprint density at radius 3 is 3.06 bits per heavy atom. The second kappa shape index (κ2) is 6.34. The summed E-state index contributed by atoms with van der Waals surface area (Å²) in [4.78, 5) is 2.48. The van der Waals surface area contributed by atoms with Crippen molar-refractivity contribution < 1.29 is 4.52 Å². The molecular weight excluding hydrogens is 226 g/mol. The number of rotatable bonds is 5. The summed E-state index contributed by atoms with van der Waals surface area (Å²) in [6.07, 6.45) is 2.63. The zero-order valence-corrected chi connectivity index (χ0v) is 11.8. The van der Waals surface area contributed by atoms with Crippen molar-refractivity contribution in [3.63, 3.8) is 0 Å². The van der Waals surface area contributed by atoms with E-state index in [9.17, 15) is 0 Å². The quantitative estimate of drug-likeness (QED) is 0.871. The van der Waals surface area contributed by atoms with Crippen LogP contribution >= 0.6 is 0 Å². The Hall–Kier alpha value is -0.870. The molecule has 1 aromatic rings. The zero-order valence-electron chi connectivity index (χ0n) is 11.8. The number of hydrogen-bond acceptors (Lipinski definition) is 4. The van der Waals surface area contributed by atoms with Crippen molar-refractivity contribution in [3.8, 4) is 0 Å². The Morgan fingerprint density at radius 1 is 1.56 bits per heavy atom. The smallest absolute Gasteiger partial charge is 0.150 e. The number of nitrogens with zero attached hydrogens (tertiary/aromatic N) is 2. The number of hydrogen-bond donors (Lipinski definition) is 1. The fraction of sp³-hybridized carbons (Fsp3) is 0.786. The average Bonchev–Trinajstić information content (AvgIpc) is 2.73. The van der Waals surface area contributed by atoms with E-state index < -0.39 is 0 Å². The Bertz CT molecular complexity index is 362. The number of nitrogens with one attached hydrogen (secondary N) is 1. The van der Waals surface area contributed by atoms with Crippen molar-refractivity contribution in [1.29, 1.82) is 0 Å². The Kier molecular flexibility index (Phi) is 4.78. The van der Waals surface area contributed by atoms with Crippen LogP contribution in [0.1, 0.15) is 38.1 Å². The van der Waals surface area contributed by atoms with Crippen LogP contribution in [0.15, 0.2) is 10.6 Å². The fourth-order valence-electron chi connectivity index (χ4n) is 2.58. The lowest BCUT2D eigenvalue weighted by atomic mass is 9.97. The molecule has 0 saturated carbocycles. The third-order valence-electron chi connectivity index (χ3n) is 3.47. The van der Waals surface area contributed by atoms with Gasteiger partial charge in [0.25, 0.3) is 0 Å². The van der Waals surface area contributed by atoms with Crippen LogP contribution in [0, 0.1) is 12.8 Å². The highest BCUT2D eigenvalue weighted by molar-refractivity contribution is 5.03. The molecule has 0 bridgehead atoms. The van der Waals surface area contributed by atoms with E-state index in [1.165, 1.54) is 25.9 Å². The van der Waals surface area contributed by atoms with Gasteiger partial charge >= 0.3 is 0 Å². The van der Waals surface area contributed by atoms with Crippen molar-refractivity contribution in [2.24, 2.45) is 5.92 Å². The van der Waals surface area contributed by atoms with E-state index >= 15 is 0 Å². The summed E-state index contributed by atoms with van der Waals surface area (Å²) in [5.74, 6) is 1.76. The van der Waals surface area contributed by atoms with Crippen LogP contribution in [-0.4, -0.2) is 35.7 Å². The van der Waals surface area contributed by atoms with Crippen molar-refractivity contribution in [3.05, 3.63) is 17.5 Å². The summed E-state index contributed by atoms with van der Waals surface area (Å²) in [5, 5.41) is 7.49. The van der Waals surface area contributed by atoms with E-state index in [2.05, 4.69) is 29.2 Å². The molecular formula is C14H25N3O. The van der Waals surface area contributed by atoms with Gasteiger partial charge in [-0.1, -0.05) is 19.0 Å². The summed E-state index contributed by atoms with van der Waals surface area (Å²) in [6.45, 7) is 10.8. The average molecular weight is 251 g/mol. The van der Waals surface area contributed by atoms with Gasteiger partial charge in [0.1, 0.15) is 0 Å². The van der Waals surface area contributed by atoms with E-state index in [-0.39, 0.29) is 0 Å². The van der Waals surface area contributed by atoms with E-state index in [0.29, 0.717) is 6.04 Å². The van der Waals surface area contributed by atoms with Crippen LogP contribution in [-0.2, 0) is 6.54 Å². The van der Waals surface area contributed by atoms with Gasteiger partial charge in [-0.05, 0) is 38.8 Å². The molecule has 1 unspecified atom stereocenters. The maximum absolute atomic E-state index is 5.29. The SMILES string of the molecule is Cc1cc(CN2CCCC(CNC(C)C)C2)on1. The van der Waals surface area contributed by atoms with Crippen LogP contribution in [0.4, 0.5) is 0 Å². The predicted molar refractivity (Wildman–Crippen MR) is 72.4 cm³/mol. The van der Waals surface area contributed by atoms with Crippen molar-refractivity contribution in [2.45, 2.75) is 46.2 Å². The highest BCUT2D eigenvalue weighted by Gasteiger charge is 2.20. The molecule has 0 spiro atoms. The van der Waals surface area contributed by atoms with Crippen LogP contribution in [0.5, 0.6) is 0 Å². The standard InChI is InChI=1S/C14H25N3O/c1-11(2)15-8-13-5-4-6-17(9-13)10-14-7-12(3)16-18-14/h7,11,13,15H,4-6,8-10H2,1-3H3. The molecule has 0 aliphatic carbocycles. The minimum Gasteiger partial charge on any atom is -0.360 e. The molecule has 1 saturated heterocycles. The molecule has 1 N–H and O–H groups in total. The van der Waals surface area contributed by atoms with Crippen LogP contribution in [0.25, 0.3) is 0 Å². The molecule has 4 nitrogen and oxygen atoms in total. The first-order chi connectivity index (χ1) is 8.63. The van der Waals surface area contributed by atoms with Gasteiger partial charge in [-0.15, -0.1) is 0 Å². The number of aromatic nitrogens is 1. The van der Waals surface area contributed by atoms with E-state index in [1.54, 1.807) is 0 Å². The summed E-state index contributed by atoms with van der Waals surface area (Å²) >= 11 is 0. The molecule has 0 aromatic carbocycles. The third-order valence-corrected chi connectivity index (χ3v) is 3.47. The number of aryl methyl sites for hydroxylation is 1. The van der Waals surface area contributed by atoms with Gasteiger partial charge in [0.2, 0.25) is 0 Å². The first-order valence-corrected chi connectivity index (χ1v) is 7.01. The zero-order chi connectivity index (χ0) is 13.0. The van der Waals surface area contributed by atoms with Gasteiger partial charge < -0.3 is 9.84 Å². The lowest BCUT2D eigenvalue weighted by Crippen LogP contribution is -2.40. The van der Waals surface area contributed by atoms with Gasteiger partial charge in [0.15, 0.2) is 5.76 Å². The molecule has 1 fully saturated rings. The van der Waals surface area contributed by atoms with Gasteiger partial charge in [-0.25, -0.2) is 0 Å². The number of likely N-dealkylation sites (tertiary alicyclic amines) is 1. The minimum absolute atomic E-state index is 0.581.